The Morgan fingerprint density at radius 2 is 1.61 bits per heavy atom. The van der Waals surface area contributed by atoms with Gasteiger partial charge in [0, 0.05) is 46.5 Å². The molecule has 242 valence electrons. The second-order valence-corrected chi connectivity index (χ2v) is 14.0. The highest BCUT2D eigenvalue weighted by atomic mass is 32.2. The van der Waals surface area contributed by atoms with E-state index in [1.807, 2.05) is 37.3 Å². The second kappa shape index (κ2) is 14.3. The molecule has 0 atom stereocenters. The number of aryl methyl sites for hydroxylation is 1. The molecule has 1 fully saturated rings. The molecule has 1 amide bonds. The summed E-state index contributed by atoms with van der Waals surface area (Å²) in [7, 11) is -3.71. The van der Waals surface area contributed by atoms with Gasteiger partial charge >= 0.3 is 0 Å². The first-order valence-electron chi connectivity index (χ1n) is 15.3. The van der Waals surface area contributed by atoms with Crippen molar-refractivity contribution in [3.05, 3.63) is 90.1 Å². The molecule has 4 aromatic rings. The fourth-order valence-electron chi connectivity index (χ4n) is 4.97. The molecule has 0 bridgehead atoms. The maximum Gasteiger partial charge on any atom is 0.255 e. The molecule has 12 heteroatoms. The summed E-state index contributed by atoms with van der Waals surface area (Å²) in [6.07, 6.45) is 4.18. The van der Waals surface area contributed by atoms with Gasteiger partial charge in [0.25, 0.3) is 5.91 Å². The number of anilines is 5. The number of hydrogen-bond acceptors (Lipinski definition) is 9. The summed E-state index contributed by atoms with van der Waals surface area (Å²) in [5.41, 5.74) is 2.47. The minimum atomic E-state index is -3.71. The molecule has 0 spiro atoms. The Bertz CT molecular complexity index is 1770. The van der Waals surface area contributed by atoms with Crippen LogP contribution in [-0.4, -0.2) is 61.0 Å². The number of rotatable bonds is 12. The number of likely N-dealkylation sites (tertiary alicyclic amines) is 1. The van der Waals surface area contributed by atoms with Crippen LogP contribution in [0.15, 0.2) is 83.9 Å². The molecule has 0 unspecified atom stereocenters. The van der Waals surface area contributed by atoms with Crippen molar-refractivity contribution in [1.29, 1.82) is 0 Å². The first kappa shape index (κ1) is 32.9. The first-order valence-corrected chi connectivity index (χ1v) is 16.8. The normalized spacial score (nSPS) is 13.7. The van der Waals surface area contributed by atoms with Gasteiger partial charge in [0.15, 0.2) is 0 Å². The Hall–Kier alpha value is -4.52. The molecule has 1 aromatic heterocycles. The van der Waals surface area contributed by atoms with Crippen LogP contribution in [0.3, 0.4) is 0 Å². The van der Waals surface area contributed by atoms with Crippen LogP contribution in [-0.2, 0) is 10.0 Å². The summed E-state index contributed by atoms with van der Waals surface area (Å²) >= 11 is 0. The van der Waals surface area contributed by atoms with Gasteiger partial charge in [-0.05, 0) is 114 Å². The van der Waals surface area contributed by atoms with Gasteiger partial charge in [-0.3, -0.25) is 9.69 Å². The minimum absolute atomic E-state index is 0.143. The Kier molecular flexibility index (Phi) is 10.2. The predicted molar refractivity (Wildman–Crippen MR) is 182 cm³/mol. The van der Waals surface area contributed by atoms with Gasteiger partial charge in [-0.2, -0.15) is 4.98 Å². The summed E-state index contributed by atoms with van der Waals surface area (Å²) in [5, 5.41) is 9.29. The van der Waals surface area contributed by atoms with Crippen molar-refractivity contribution >= 4 is 44.8 Å². The molecule has 5 rings (SSSR count). The monoisotopic (exact) mass is 643 g/mol. The first-order chi connectivity index (χ1) is 21.9. The molecule has 0 radical (unpaired) electrons. The van der Waals surface area contributed by atoms with Crippen LogP contribution in [0.25, 0.3) is 0 Å². The van der Waals surface area contributed by atoms with E-state index < -0.39 is 15.6 Å². The quantitative estimate of drug-likeness (QED) is 0.145. The van der Waals surface area contributed by atoms with Gasteiger partial charge in [0.1, 0.15) is 18.2 Å². The number of hydrogen-bond donors (Lipinski definition) is 4. The molecule has 1 aliphatic rings. The Balaban J connectivity index is 1.20. The van der Waals surface area contributed by atoms with E-state index in [4.69, 9.17) is 4.74 Å². The maximum absolute atomic E-state index is 13.0. The highest BCUT2D eigenvalue weighted by molar-refractivity contribution is 7.89. The van der Waals surface area contributed by atoms with Crippen LogP contribution in [0.2, 0.25) is 0 Å². The molecule has 3 aromatic carbocycles. The zero-order chi connectivity index (χ0) is 32.7. The van der Waals surface area contributed by atoms with Gasteiger partial charge in [-0.25, -0.2) is 18.1 Å². The van der Waals surface area contributed by atoms with Crippen LogP contribution >= 0.6 is 0 Å². The van der Waals surface area contributed by atoms with Crippen molar-refractivity contribution in [1.82, 2.24) is 19.6 Å². The minimum Gasteiger partial charge on any atom is -0.492 e. The molecule has 1 aliphatic heterocycles. The Morgan fingerprint density at radius 1 is 0.913 bits per heavy atom. The Morgan fingerprint density at radius 3 is 2.33 bits per heavy atom. The van der Waals surface area contributed by atoms with Crippen molar-refractivity contribution in [2.24, 2.45) is 0 Å². The van der Waals surface area contributed by atoms with Crippen molar-refractivity contribution < 1.29 is 17.9 Å². The third kappa shape index (κ3) is 9.25. The van der Waals surface area contributed by atoms with Gasteiger partial charge in [0.05, 0.1) is 4.90 Å². The Labute approximate surface area is 270 Å². The van der Waals surface area contributed by atoms with Gasteiger partial charge < -0.3 is 20.7 Å². The lowest BCUT2D eigenvalue weighted by Crippen LogP contribution is -2.40. The number of ether oxygens (including phenoxy) is 1. The van der Waals surface area contributed by atoms with Gasteiger partial charge in [0.2, 0.25) is 16.0 Å². The lowest BCUT2D eigenvalue weighted by Gasteiger charge is -2.20. The third-order valence-electron chi connectivity index (χ3n) is 7.19. The van der Waals surface area contributed by atoms with E-state index in [0.29, 0.717) is 41.0 Å². The van der Waals surface area contributed by atoms with Crippen LogP contribution in [0.5, 0.6) is 5.75 Å². The topological polar surface area (TPSA) is 138 Å². The summed E-state index contributed by atoms with van der Waals surface area (Å²) in [4.78, 5) is 24.6. The van der Waals surface area contributed by atoms with Crippen LogP contribution in [0.4, 0.5) is 28.8 Å². The highest BCUT2D eigenvalue weighted by Crippen LogP contribution is 2.24. The molecule has 0 saturated carbocycles. The lowest BCUT2D eigenvalue weighted by molar-refractivity contribution is 0.102. The number of sulfonamides is 1. The lowest BCUT2D eigenvalue weighted by atomic mass is 10.1. The molecule has 4 N–H and O–H groups in total. The van der Waals surface area contributed by atoms with E-state index in [2.05, 4.69) is 35.5 Å². The number of amides is 1. The maximum atomic E-state index is 13.0. The molecule has 2 heterocycles. The van der Waals surface area contributed by atoms with E-state index in [1.165, 1.54) is 12.8 Å². The summed E-state index contributed by atoms with van der Waals surface area (Å²) in [6, 6.07) is 20.9. The molecule has 46 heavy (non-hydrogen) atoms. The fourth-order valence-corrected chi connectivity index (χ4v) is 6.44. The summed E-state index contributed by atoms with van der Waals surface area (Å²) in [5.74, 6) is 1.33. The van der Waals surface area contributed by atoms with Crippen molar-refractivity contribution in [3.63, 3.8) is 0 Å². The zero-order valence-corrected chi connectivity index (χ0v) is 27.4. The average molecular weight is 644 g/mol. The number of carbonyl (C=O) groups excluding carboxylic acids is 1. The number of nitrogens with zero attached hydrogens (tertiary/aromatic N) is 3. The van der Waals surface area contributed by atoms with E-state index in [9.17, 15) is 13.2 Å². The fraction of sp³-hybridized carbons (Fsp3) is 0.324. The van der Waals surface area contributed by atoms with E-state index in [-0.39, 0.29) is 10.8 Å². The molecule has 1 saturated heterocycles. The smallest absolute Gasteiger partial charge is 0.255 e. The molecular formula is C34H41N7O4S. The van der Waals surface area contributed by atoms with E-state index >= 15 is 0 Å². The van der Waals surface area contributed by atoms with Crippen molar-refractivity contribution in [2.75, 3.05) is 42.2 Å². The molecular weight excluding hydrogens is 602 g/mol. The number of aromatic nitrogens is 2. The number of carbonyl (C=O) groups is 1. The molecule has 11 nitrogen and oxygen atoms in total. The van der Waals surface area contributed by atoms with E-state index in [0.717, 1.165) is 30.9 Å². The van der Waals surface area contributed by atoms with Crippen molar-refractivity contribution in [3.8, 4) is 5.75 Å². The SMILES string of the molecule is Cc1cnc(Nc2cccc(C(=O)Nc3ccc(OCCN4CCCC4)cc3)c2)nc1Nc1cccc(S(=O)(=O)NC(C)(C)C)c1. The van der Waals surface area contributed by atoms with Crippen LogP contribution in [0.1, 0.15) is 49.5 Å². The van der Waals surface area contributed by atoms with E-state index in [1.54, 1.807) is 69.4 Å². The standard InChI is InChI=1S/C34H41N7O4S/c1-24-23-35-33(39-31(24)36-28-11-8-12-30(22-28)46(43,44)40-34(2,3)4)38-27-10-7-9-25(21-27)32(42)37-26-13-15-29(16-14-26)45-20-19-41-17-5-6-18-41/h7-16,21-23,40H,5-6,17-20H2,1-4H3,(H,37,42)(H2,35,36,38,39). The second-order valence-electron chi connectivity index (χ2n) is 12.3. The summed E-state index contributed by atoms with van der Waals surface area (Å²) < 4.78 is 34.2. The number of benzene rings is 3. The number of nitrogens with one attached hydrogen (secondary N) is 4. The van der Waals surface area contributed by atoms with Gasteiger partial charge in [-0.15, -0.1) is 0 Å². The largest absolute Gasteiger partial charge is 0.492 e. The highest BCUT2D eigenvalue weighted by Gasteiger charge is 2.22. The molecule has 0 aliphatic carbocycles. The van der Waals surface area contributed by atoms with Crippen molar-refractivity contribution in [2.45, 2.75) is 51.0 Å². The zero-order valence-electron chi connectivity index (χ0n) is 26.6. The van der Waals surface area contributed by atoms with Crippen LogP contribution < -0.4 is 25.4 Å². The van der Waals surface area contributed by atoms with Crippen LogP contribution in [0, 0.1) is 6.92 Å². The summed E-state index contributed by atoms with van der Waals surface area (Å²) in [6.45, 7) is 11.1. The predicted octanol–water partition coefficient (Wildman–Crippen LogP) is 6.08. The van der Waals surface area contributed by atoms with Gasteiger partial charge in [-0.1, -0.05) is 12.1 Å². The third-order valence-corrected chi connectivity index (χ3v) is 8.94. The average Bonchev–Trinajstić information content (AvgIpc) is 3.53.